The van der Waals surface area contributed by atoms with Gasteiger partial charge in [-0.25, -0.2) is 8.42 Å². The number of sulfone groups is 1. The lowest BCUT2D eigenvalue weighted by molar-refractivity contribution is -0.129. The zero-order valence-corrected chi connectivity index (χ0v) is 18.6. The van der Waals surface area contributed by atoms with Crippen LogP contribution in [0.5, 0.6) is 0 Å². The van der Waals surface area contributed by atoms with E-state index in [-0.39, 0.29) is 10.6 Å². The summed E-state index contributed by atoms with van der Waals surface area (Å²) in [5, 5.41) is 4.49. The molecule has 8 heteroatoms. The highest BCUT2D eigenvalue weighted by molar-refractivity contribution is 9.10. The van der Waals surface area contributed by atoms with Crippen molar-refractivity contribution in [2.24, 2.45) is 11.7 Å². The summed E-state index contributed by atoms with van der Waals surface area (Å²) >= 11 is 3.26. The maximum Gasteiger partial charge on any atom is 0.244 e. The lowest BCUT2D eigenvalue weighted by atomic mass is 10.0. The number of nitrogens with one attached hydrogen (secondary N) is 1. The monoisotopic (exact) mass is 488 g/mol. The van der Waals surface area contributed by atoms with Gasteiger partial charge in [0.2, 0.25) is 11.8 Å². The Hall–Kier alpha value is -2.71. The summed E-state index contributed by atoms with van der Waals surface area (Å²) < 4.78 is 26.0. The van der Waals surface area contributed by atoms with Crippen LogP contribution in [0.2, 0.25) is 0 Å². The number of rotatable bonds is 7. The molecule has 0 spiro atoms. The second-order valence-corrected chi connectivity index (χ2v) is 10.0. The van der Waals surface area contributed by atoms with Crippen molar-refractivity contribution in [1.82, 2.24) is 5.32 Å². The molecule has 0 bridgehead atoms. The smallest absolute Gasteiger partial charge is 0.244 e. The van der Waals surface area contributed by atoms with E-state index in [1.807, 2.05) is 30.3 Å². The molecular formula is C22H21BrN2O4S. The van der Waals surface area contributed by atoms with Gasteiger partial charge in [0.1, 0.15) is 6.04 Å². The molecule has 0 heterocycles. The van der Waals surface area contributed by atoms with Gasteiger partial charge in [-0.2, -0.15) is 0 Å². The van der Waals surface area contributed by atoms with Crippen LogP contribution < -0.4 is 11.1 Å². The molecule has 2 atom stereocenters. The van der Waals surface area contributed by atoms with Gasteiger partial charge in [0.05, 0.1) is 10.6 Å². The Morgan fingerprint density at radius 1 is 1.00 bits per heavy atom. The minimum Gasteiger partial charge on any atom is -0.368 e. The number of carbonyl (C=O) groups is 2. The lowest BCUT2D eigenvalue weighted by Crippen LogP contribution is -2.41. The average Bonchev–Trinajstić information content (AvgIpc) is 2.71. The predicted octanol–water partition coefficient (Wildman–Crippen LogP) is 3.35. The molecule has 156 valence electrons. The number of hydrogen-bond acceptors (Lipinski definition) is 4. The summed E-state index contributed by atoms with van der Waals surface area (Å²) in [4.78, 5) is 24.8. The largest absolute Gasteiger partial charge is 0.368 e. The van der Waals surface area contributed by atoms with Crippen LogP contribution in [0, 0.1) is 5.92 Å². The maximum absolute atomic E-state index is 12.7. The fraction of sp³-hybridized carbons (Fsp3) is 0.182. The van der Waals surface area contributed by atoms with E-state index in [1.165, 1.54) is 19.1 Å². The Bertz CT molecular complexity index is 1190. The Morgan fingerprint density at radius 3 is 2.27 bits per heavy atom. The van der Waals surface area contributed by atoms with Crippen molar-refractivity contribution < 1.29 is 18.0 Å². The first-order valence-electron chi connectivity index (χ1n) is 9.24. The highest BCUT2D eigenvalue weighted by Gasteiger charge is 2.27. The van der Waals surface area contributed by atoms with E-state index in [4.69, 9.17) is 5.73 Å². The van der Waals surface area contributed by atoms with E-state index < -0.39 is 33.6 Å². The molecule has 0 radical (unpaired) electrons. The van der Waals surface area contributed by atoms with E-state index in [0.29, 0.717) is 5.56 Å². The number of amides is 2. The third-order valence-electron chi connectivity index (χ3n) is 4.77. The van der Waals surface area contributed by atoms with Crippen LogP contribution in [0.1, 0.15) is 18.5 Å². The first-order chi connectivity index (χ1) is 14.2. The molecule has 0 fully saturated rings. The number of halogens is 1. The van der Waals surface area contributed by atoms with Gasteiger partial charge in [-0.1, -0.05) is 59.3 Å². The molecule has 30 heavy (non-hydrogen) atoms. The summed E-state index contributed by atoms with van der Waals surface area (Å²) in [5.41, 5.74) is 6.06. The molecule has 2 amide bonds. The second-order valence-electron chi connectivity index (χ2n) is 7.09. The van der Waals surface area contributed by atoms with E-state index in [0.717, 1.165) is 15.2 Å². The average molecular weight is 489 g/mol. The number of fused-ring (bicyclic) bond motifs is 1. The fourth-order valence-electron chi connectivity index (χ4n) is 3.13. The first kappa shape index (κ1) is 22.0. The molecule has 0 saturated heterocycles. The van der Waals surface area contributed by atoms with Gasteiger partial charge in [0, 0.05) is 10.4 Å². The van der Waals surface area contributed by atoms with E-state index in [9.17, 15) is 18.0 Å². The third kappa shape index (κ3) is 5.06. The minimum atomic E-state index is -3.67. The van der Waals surface area contributed by atoms with Crippen molar-refractivity contribution in [3.63, 3.8) is 0 Å². The zero-order chi connectivity index (χ0) is 21.9. The molecular weight excluding hydrogens is 468 g/mol. The number of nitrogens with two attached hydrogens (primary N) is 1. The minimum absolute atomic E-state index is 0.131. The fourth-order valence-corrected chi connectivity index (χ4v) is 4.95. The highest BCUT2D eigenvalue weighted by Crippen LogP contribution is 2.22. The van der Waals surface area contributed by atoms with E-state index in [1.54, 1.807) is 24.3 Å². The Morgan fingerprint density at radius 2 is 1.63 bits per heavy atom. The van der Waals surface area contributed by atoms with Crippen LogP contribution in [0.25, 0.3) is 10.8 Å². The van der Waals surface area contributed by atoms with Crippen molar-refractivity contribution in [1.29, 1.82) is 0 Å². The molecule has 2 unspecified atom stereocenters. The molecule has 6 nitrogen and oxygen atoms in total. The first-order valence-corrected chi connectivity index (χ1v) is 11.7. The molecule has 3 aromatic carbocycles. The Labute approximate surface area is 183 Å². The number of carbonyl (C=O) groups excluding carboxylic acids is 2. The van der Waals surface area contributed by atoms with Gasteiger partial charge in [-0.3, -0.25) is 9.59 Å². The second kappa shape index (κ2) is 8.97. The standard InChI is InChI=1S/C22H21BrN2O4S/c1-14(13-30(28,29)19-10-8-18(23)9-11-19)22(27)25-20(21(24)26)17-7-6-15-4-2-3-5-16(15)12-17/h2-12,14,20H,13H2,1H3,(H2,24,26)(H,25,27). The van der Waals surface area contributed by atoms with Crippen LogP contribution in [-0.4, -0.2) is 26.0 Å². The van der Waals surface area contributed by atoms with Crippen molar-refractivity contribution in [2.45, 2.75) is 17.9 Å². The van der Waals surface area contributed by atoms with Gasteiger partial charge in [-0.15, -0.1) is 0 Å². The molecule has 0 saturated carbocycles. The zero-order valence-electron chi connectivity index (χ0n) is 16.2. The van der Waals surface area contributed by atoms with Crippen LogP contribution >= 0.6 is 15.9 Å². The molecule has 0 aliphatic rings. The summed E-state index contributed by atoms with van der Waals surface area (Å²) in [7, 11) is -3.67. The van der Waals surface area contributed by atoms with Gasteiger partial charge >= 0.3 is 0 Å². The SMILES string of the molecule is CC(CS(=O)(=O)c1ccc(Br)cc1)C(=O)NC(C(N)=O)c1ccc2ccccc2c1. The normalized spacial score (nSPS) is 13.5. The summed E-state index contributed by atoms with van der Waals surface area (Å²) in [6.45, 7) is 1.50. The summed E-state index contributed by atoms with van der Waals surface area (Å²) in [5.74, 6) is -2.54. The summed E-state index contributed by atoms with van der Waals surface area (Å²) in [6, 6.07) is 18.1. The van der Waals surface area contributed by atoms with Gasteiger partial charge in [0.15, 0.2) is 9.84 Å². The number of hydrogen-bond donors (Lipinski definition) is 2. The van der Waals surface area contributed by atoms with Crippen LogP contribution in [0.15, 0.2) is 76.1 Å². The molecule has 0 aliphatic carbocycles. The molecule has 0 aromatic heterocycles. The lowest BCUT2D eigenvalue weighted by Gasteiger charge is -2.19. The van der Waals surface area contributed by atoms with Crippen LogP contribution in [-0.2, 0) is 19.4 Å². The third-order valence-corrected chi connectivity index (χ3v) is 7.23. The molecule has 0 aliphatic heterocycles. The van der Waals surface area contributed by atoms with Crippen LogP contribution in [0.3, 0.4) is 0 Å². The Balaban J connectivity index is 1.77. The Kier molecular flexibility index (Phi) is 6.58. The van der Waals surface area contributed by atoms with Gasteiger partial charge < -0.3 is 11.1 Å². The van der Waals surface area contributed by atoms with Gasteiger partial charge in [0.25, 0.3) is 0 Å². The van der Waals surface area contributed by atoms with E-state index >= 15 is 0 Å². The van der Waals surface area contributed by atoms with Gasteiger partial charge in [-0.05, 0) is 46.7 Å². The van der Waals surface area contributed by atoms with Crippen molar-refractivity contribution in [3.8, 4) is 0 Å². The maximum atomic E-state index is 12.7. The van der Waals surface area contributed by atoms with Crippen molar-refractivity contribution in [3.05, 3.63) is 76.8 Å². The highest BCUT2D eigenvalue weighted by atomic mass is 79.9. The molecule has 3 rings (SSSR count). The van der Waals surface area contributed by atoms with E-state index in [2.05, 4.69) is 21.2 Å². The summed E-state index contributed by atoms with van der Waals surface area (Å²) in [6.07, 6.45) is 0. The van der Waals surface area contributed by atoms with Crippen molar-refractivity contribution in [2.75, 3.05) is 5.75 Å². The molecule has 3 aromatic rings. The topological polar surface area (TPSA) is 106 Å². The number of benzene rings is 3. The predicted molar refractivity (Wildman–Crippen MR) is 119 cm³/mol. The number of primary amides is 1. The van der Waals surface area contributed by atoms with Crippen LogP contribution in [0.4, 0.5) is 0 Å². The van der Waals surface area contributed by atoms with Crippen molar-refractivity contribution >= 4 is 48.4 Å². The molecule has 3 N–H and O–H groups in total. The quantitative estimate of drug-likeness (QED) is 0.531.